The van der Waals surface area contributed by atoms with E-state index in [4.69, 9.17) is 4.43 Å². The van der Waals surface area contributed by atoms with Gasteiger partial charge in [-0.25, -0.2) is 0 Å². The van der Waals surface area contributed by atoms with Gasteiger partial charge >= 0.3 is 0 Å². The molecule has 0 fully saturated rings. The molecule has 1 N–H and O–H groups in total. The molecule has 0 spiro atoms. The Morgan fingerprint density at radius 1 is 1.03 bits per heavy atom. The topological polar surface area (TPSA) is 21.3 Å². The van der Waals surface area contributed by atoms with Crippen molar-refractivity contribution < 1.29 is 4.43 Å². The van der Waals surface area contributed by atoms with Crippen molar-refractivity contribution in [3.63, 3.8) is 0 Å². The lowest BCUT2D eigenvalue weighted by Gasteiger charge is -2.41. The highest BCUT2D eigenvalue weighted by atomic mass is 28.4. The van der Waals surface area contributed by atoms with Crippen molar-refractivity contribution in [2.75, 3.05) is 0 Å². The lowest BCUT2D eigenvalue weighted by atomic mass is 10.1. The third-order valence-electron chi connectivity index (χ3n) is 6.06. The van der Waals surface area contributed by atoms with E-state index < -0.39 is 8.32 Å². The third-order valence-corrected chi connectivity index (χ3v) is 10.6. The summed E-state index contributed by atoms with van der Waals surface area (Å²) in [6.45, 7) is 18.5. The normalized spacial score (nSPS) is 15.0. The summed E-state index contributed by atoms with van der Waals surface area (Å²) >= 11 is 0. The van der Waals surface area contributed by atoms with Crippen LogP contribution in [0.4, 0.5) is 0 Å². The fourth-order valence-corrected chi connectivity index (χ4v) is 4.34. The van der Waals surface area contributed by atoms with E-state index in [0.717, 1.165) is 25.8 Å². The van der Waals surface area contributed by atoms with Crippen molar-refractivity contribution in [1.29, 1.82) is 0 Å². The number of hydrogen-bond acceptors (Lipinski definition) is 2. The van der Waals surface area contributed by atoms with E-state index >= 15 is 0 Å². The highest BCUT2D eigenvalue weighted by Gasteiger charge is 2.39. The number of unbranched alkanes of at least 4 members (excludes halogenated alkanes) is 3. The Kier molecular flexibility index (Phi) is 12.2. The molecule has 0 amide bonds. The minimum Gasteiger partial charge on any atom is -0.412 e. The van der Waals surface area contributed by atoms with E-state index in [2.05, 4.69) is 107 Å². The smallest absolute Gasteiger partial charge is 0.192 e. The standard InChI is InChI=1S/C27H45NOSi/c1-8-9-10-11-12-13-14-15-19-22-26(29-30(6,7)27(3,4)5)24(2)28-23-25-20-17-16-18-21-25/h8,13-21,24,26,28H,1,9-12,22-23H2,2-7H3/b14-13+,19-15+/t24-,26-/m0/s1. The van der Waals surface area contributed by atoms with E-state index in [0.29, 0.717) is 0 Å². The molecule has 0 radical (unpaired) electrons. The molecule has 0 aliphatic rings. The van der Waals surface area contributed by atoms with Crippen LogP contribution in [0.2, 0.25) is 18.1 Å². The highest BCUT2D eigenvalue weighted by molar-refractivity contribution is 6.74. The van der Waals surface area contributed by atoms with Crippen LogP contribution in [0, 0.1) is 0 Å². The molecule has 1 rings (SSSR count). The second-order valence-corrected chi connectivity index (χ2v) is 14.5. The minimum absolute atomic E-state index is 0.173. The fraction of sp³-hybridized carbons (Fsp3) is 0.556. The van der Waals surface area contributed by atoms with Crippen molar-refractivity contribution in [1.82, 2.24) is 5.32 Å². The van der Waals surface area contributed by atoms with E-state index in [1.54, 1.807) is 0 Å². The molecule has 0 saturated carbocycles. The molecule has 0 saturated heterocycles. The quantitative estimate of drug-likeness (QED) is 0.141. The second kappa shape index (κ2) is 13.8. The summed E-state index contributed by atoms with van der Waals surface area (Å²) in [5, 5.41) is 3.90. The van der Waals surface area contributed by atoms with Gasteiger partial charge in [0.05, 0.1) is 6.10 Å². The van der Waals surface area contributed by atoms with Crippen LogP contribution in [0.1, 0.15) is 65.4 Å². The molecule has 1 aromatic carbocycles. The minimum atomic E-state index is -1.83. The van der Waals surface area contributed by atoms with E-state index in [1.165, 1.54) is 18.4 Å². The Bertz CT molecular complexity index is 643. The van der Waals surface area contributed by atoms with Crippen LogP contribution in [0.15, 0.2) is 67.3 Å². The maximum Gasteiger partial charge on any atom is 0.192 e. The Morgan fingerprint density at radius 2 is 1.67 bits per heavy atom. The number of benzene rings is 1. The number of allylic oxidation sites excluding steroid dienone is 4. The van der Waals surface area contributed by atoms with Crippen molar-refractivity contribution >= 4 is 8.32 Å². The monoisotopic (exact) mass is 427 g/mol. The summed E-state index contributed by atoms with van der Waals surface area (Å²) in [5.74, 6) is 0. The van der Waals surface area contributed by atoms with Crippen LogP contribution in [-0.2, 0) is 11.0 Å². The number of hydrogen-bond donors (Lipinski definition) is 1. The predicted molar refractivity (Wildman–Crippen MR) is 136 cm³/mol. The maximum atomic E-state index is 6.82. The second-order valence-electron chi connectivity index (χ2n) is 9.74. The largest absolute Gasteiger partial charge is 0.412 e. The predicted octanol–water partition coefficient (Wildman–Crippen LogP) is 7.80. The van der Waals surface area contributed by atoms with Crippen molar-refractivity contribution in [2.45, 2.75) is 96.6 Å². The zero-order valence-corrected chi connectivity index (χ0v) is 21.3. The van der Waals surface area contributed by atoms with Gasteiger partial charge < -0.3 is 9.74 Å². The van der Waals surface area contributed by atoms with Gasteiger partial charge in [-0.2, -0.15) is 0 Å². The maximum absolute atomic E-state index is 6.82. The summed E-state index contributed by atoms with van der Waals surface area (Å²) in [5.41, 5.74) is 1.31. The van der Waals surface area contributed by atoms with Gasteiger partial charge in [0.25, 0.3) is 0 Å². The third kappa shape index (κ3) is 10.6. The molecule has 2 atom stereocenters. The molecular weight excluding hydrogens is 382 g/mol. The van der Waals surface area contributed by atoms with Crippen LogP contribution < -0.4 is 5.32 Å². The van der Waals surface area contributed by atoms with E-state index in [1.807, 2.05) is 6.08 Å². The van der Waals surface area contributed by atoms with Crippen molar-refractivity contribution in [2.24, 2.45) is 0 Å². The number of nitrogens with one attached hydrogen (secondary N) is 1. The van der Waals surface area contributed by atoms with Gasteiger partial charge in [0.2, 0.25) is 0 Å². The van der Waals surface area contributed by atoms with Crippen LogP contribution >= 0.6 is 0 Å². The molecule has 3 heteroatoms. The molecule has 0 aliphatic heterocycles. The van der Waals surface area contributed by atoms with Crippen LogP contribution in [0.25, 0.3) is 0 Å². The summed E-state index contributed by atoms with van der Waals surface area (Å²) in [6.07, 6.45) is 16.7. The first-order chi connectivity index (χ1) is 14.2. The zero-order valence-electron chi connectivity index (χ0n) is 20.3. The van der Waals surface area contributed by atoms with Gasteiger partial charge in [-0.1, -0.05) is 81.5 Å². The first-order valence-electron chi connectivity index (χ1n) is 11.5. The molecule has 168 valence electrons. The lowest BCUT2D eigenvalue weighted by Crippen LogP contribution is -2.49. The SMILES string of the molecule is C=CCCCC/C=C/C=C/C[C@H](O[Si](C)(C)C(C)(C)C)[C@H](C)NCc1ccccc1. The summed E-state index contributed by atoms with van der Waals surface area (Å²) < 4.78 is 6.82. The van der Waals surface area contributed by atoms with Gasteiger partial charge in [0.15, 0.2) is 8.32 Å². The molecule has 0 heterocycles. The molecule has 0 bridgehead atoms. The Morgan fingerprint density at radius 3 is 2.30 bits per heavy atom. The highest BCUT2D eigenvalue weighted by Crippen LogP contribution is 2.38. The first kappa shape index (κ1) is 26.6. The molecule has 0 unspecified atom stereocenters. The van der Waals surface area contributed by atoms with Crippen molar-refractivity contribution in [3.05, 3.63) is 72.9 Å². The molecule has 30 heavy (non-hydrogen) atoms. The van der Waals surface area contributed by atoms with Gasteiger partial charge in [-0.05, 0) is 62.7 Å². The molecule has 1 aromatic rings. The van der Waals surface area contributed by atoms with Crippen LogP contribution in [0.3, 0.4) is 0 Å². The zero-order chi connectivity index (χ0) is 22.5. The summed E-state index contributed by atoms with van der Waals surface area (Å²) in [7, 11) is -1.83. The molecule has 2 nitrogen and oxygen atoms in total. The Balaban J connectivity index is 2.66. The number of rotatable bonds is 14. The van der Waals surface area contributed by atoms with Gasteiger partial charge in [0.1, 0.15) is 0 Å². The first-order valence-corrected chi connectivity index (χ1v) is 14.5. The lowest BCUT2D eigenvalue weighted by molar-refractivity contribution is 0.144. The van der Waals surface area contributed by atoms with Crippen LogP contribution in [0.5, 0.6) is 0 Å². The van der Waals surface area contributed by atoms with E-state index in [9.17, 15) is 0 Å². The fourth-order valence-electron chi connectivity index (χ4n) is 2.93. The van der Waals surface area contributed by atoms with Crippen LogP contribution in [-0.4, -0.2) is 20.5 Å². The molecule has 0 aliphatic carbocycles. The Hall–Kier alpha value is -1.42. The van der Waals surface area contributed by atoms with Gasteiger partial charge in [0, 0.05) is 12.6 Å². The van der Waals surface area contributed by atoms with Gasteiger partial charge in [-0.15, -0.1) is 6.58 Å². The molecule has 0 aromatic heterocycles. The van der Waals surface area contributed by atoms with E-state index in [-0.39, 0.29) is 17.2 Å². The average molecular weight is 428 g/mol. The molecular formula is C27H45NOSi. The summed E-state index contributed by atoms with van der Waals surface area (Å²) in [4.78, 5) is 0. The van der Waals surface area contributed by atoms with Gasteiger partial charge in [-0.3, -0.25) is 0 Å². The summed E-state index contributed by atoms with van der Waals surface area (Å²) in [6, 6.07) is 10.9. The average Bonchev–Trinajstić information content (AvgIpc) is 2.69. The van der Waals surface area contributed by atoms with Crippen molar-refractivity contribution in [3.8, 4) is 0 Å². The Labute approximate surface area is 187 Å².